The maximum atomic E-state index is 12.9. The molecule has 1 saturated heterocycles. The third-order valence-electron chi connectivity index (χ3n) is 5.36. The predicted octanol–water partition coefficient (Wildman–Crippen LogP) is 3.45. The van der Waals surface area contributed by atoms with Crippen LogP contribution in [0.4, 0.5) is 0 Å². The number of likely N-dealkylation sites (tertiary alicyclic amines) is 1. The summed E-state index contributed by atoms with van der Waals surface area (Å²) in [5.41, 5.74) is 2.43. The molecule has 5 nitrogen and oxygen atoms in total. The van der Waals surface area contributed by atoms with Crippen LogP contribution >= 0.6 is 0 Å². The van der Waals surface area contributed by atoms with Crippen LogP contribution in [0.5, 0.6) is 0 Å². The fourth-order valence-electron chi connectivity index (χ4n) is 3.92. The van der Waals surface area contributed by atoms with E-state index in [-0.39, 0.29) is 17.7 Å². The lowest BCUT2D eigenvalue weighted by molar-refractivity contribution is -0.126. The van der Waals surface area contributed by atoms with Crippen LogP contribution in [0.25, 0.3) is 22.0 Å². The Morgan fingerprint density at radius 1 is 1.18 bits per heavy atom. The van der Waals surface area contributed by atoms with Crippen LogP contribution in [0.3, 0.4) is 0 Å². The third-order valence-corrected chi connectivity index (χ3v) is 5.36. The molecule has 5 heteroatoms. The van der Waals surface area contributed by atoms with Crippen LogP contribution in [-0.2, 0) is 4.79 Å². The molecule has 0 radical (unpaired) electrons. The second kappa shape index (κ2) is 7.43. The Bertz CT molecular complexity index is 1040. The minimum absolute atomic E-state index is 0.0379. The molecule has 2 heterocycles. The molecule has 1 atom stereocenters. The lowest BCUT2D eigenvalue weighted by atomic mass is 10.0. The minimum Gasteiger partial charge on any atom is -0.345 e. The van der Waals surface area contributed by atoms with Crippen molar-refractivity contribution in [3.63, 3.8) is 0 Å². The number of amides is 2. The van der Waals surface area contributed by atoms with E-state index in [0.717, 1.165) is 22.0 Å². The van der Waals surface area contributed by atoms with E-state index in [0.29, 0.717) is 25.1 Å². The van der Waals surface area contributed by atoms with Gasteiger partial charge in [0, 0.05) is 62.2 Å². The van der Waals surface area contributed by atoms with E-state index >= 15 is 0 Å². The first-order valence-electron chi connectivity index (χ1n) is 9.46. The maximum absolute atomic E-state index is 12.9. The first-order valence-corrected chi connectivity index (χ1v) is 9.46. The molecule has 1 fully saturated rings. The number of nitrogens with zero attached hydrogens (tertiary/aromatic N) is 3. The van der Waals surface area contributed by atoms with Gasteiger partial charge in [0.05, 0.1) is 5.69 Å². The Kier molecular flexibility index (Phi) is 4.82. The first-order chi connectivity index (χ1) is 13.5. The molecular formula is C23H23N3O2. The van der Waals surface area contributed by atoms with Crippen molar-refractivity contribution >= 4 is 22.6 Å². The minimum atomic E-state index is -0.0379. The summed E-state index contributed by atoms with van der Waals surface area (Å²) < 4.78 is 0. The zero-order chi connectivity index (χ0) is 19.7. The molecule has 2 aromatic carbocycles. The summed E-state index contributed by atoms with van der Waals surface area (Å²) in [5.74, 6) is 0.299. The normalized spacial score (nSPS) is 16.6. The fraction of sp³-hybridized carbons (Fsp3) is 0.261. The number of hydrogen-bond acceptors (Lipinski definition) is 3. The molecule has 1 aliphatic rings. The number of hydrogen-bond donors (Lipinski definition) is 0. The summed E-state index contributed by atoms with van der Waals surface area (Å²) in [6.45, 7) is 1.28. The summed E-state index contributed by atoms with van der Waals surface area (Å²) >= 11 is 0. The molecule has 28 heavy (non-hydrogen) atoms. The van der Waals surface area contributed by atoms with Gasteiger partial charge in [-0.25, -0.2) is 0 Å². The second-order valence-electron chi connectivity index (χ2n) is 7.49. The van der Waals surface area contributed by atoms with Crippen molar-refractivity contribution in [3.05, 3.63) is 66.4 Å². The smallest absolute Gasteiger partial charge is 0.253 e. The lowest BCUT2D eigenvalue weighted by Crippen LogP contribution is -2.32. The van der Waals surface area contributed by atoms with Gasteiger partial charge in [-0.15, -0.1) is 0 Å². The van der Waals surface area contributed by atoms with Gasteiger partial charge in [0.15, 0.2) is 0 Å². The average Bonchev–Trinajstić information content (AvgIpc) is 3.03. The van der Waals surface area contributed by atoms with E-state index in [1.165, 1.54) is 0 Å². The van der Waals surface area contributed by atoms with Crippen LogP contribution < -0.4 is 0 Å². The van der Waals surface area contributed by atoms with Crippen LogP contribution in [0.15, 0.2) is 60.8 Å². The van der Waals surface area contributed by atoms with Gasteiger partial charge in [-0.2, -0.15) is 0 Å². The van der Waals surface area contributed by atoms with Crippen molar-refractivity contribution in [1.82, 2.24) is 14.8 Å². The predicted molar refractivity (Wildman–Crippen MR) is 110 cm³/mol. The van der Waals surface area contributed by atoms with Crippen LogP contribution in [-0.4, -0.2) is 53.8 Å². The fourth-order valence-corrected chi connectivity index (χ4v) is 3.92. The zero-order valence-corrected chi connectivity index (χ0v) is 16.1. The molecular weight excluding hydrogens is 350 g/mol. The molecule has 0 bridgehead atoms. The summed E-state index contributed by atoms with van der Waals surface area (Å²) in [6.07, 6.45) is 2.31. The van der Waals surface area contributed by atoms with Gasteiger partial charge in [0.2, 0.25) is 5.91 Å². The molecule has 1 unspecified atom stereocenters. The molecule has 1 aromatic heterocycles. The number of benzene rings is 2. The van der Waals surface area contributed by atoms with Crippen LogP contribution in [0.2, 0.25) is 0 Å². The highest BCUT2D eigenvalue weighted by Crippen LogP contribution is 2.27. The number of rotatable bonds is 4. The monoisotopic (exact) mass is 373 g/mol. The van der Waals surface area contributed by atoms with Gasteiger partial charge < -0.3 is 9.80 Å². The molecule has 3 aromatic rings. The van der Waals surface area contributed by atoms with Crippen molar-refractivity contribution in [1.29, 1.82) is 0 Å². The first kappa shape index (κ1) is 18.2. The Morgan fingerprint density at radius 2 is 2.00 bits per heavy atom. The highest BCUT2D eigenvalue weighted by molar-refractivity contribution is 5.98. The Balaban J connectivity index is 1.58. The Morgan fingerprint density at radius 3 is 2.79 bits per heavy atom. The molecule has 142 valence electrons. The Hall–Kier alpha value is -3.21. The SMILES string of the molecule is CN1CC(CN(C)C(=O)c2cccc(-c3nccc4ccccc34)c2)CC1=O. The standard InChI is InChI=1S/C23H23N3O2/c1-25-14-16(12-21(25)27)15-26(2)23(28)19-8-5-7-18(13-19)22-20-9-4-3-6-17(20)10-11-24-22/h3-11,13,16H,12,14-15H2,1-2H3. The molecule has 0 N–H and O–H groups in total. The number of carbonyl (C=O) groups is 2. The van der Waals surface area contributed by atoms with Crippen LogP contribution in [0, 0.1) is 5.92 Å². The number of pyridine rings is 1. The third kappa shape index (κ3) is 3.48. The van der Waals surface area contributed by atoms with E-state index in [2.05, 4.69) is 11.1 Å². The average molecular weight is 373 g/mol. The summed E-state index contributed by atoms with van der Waals surface area (Å²) in [6, 6.07) is 17.7. The topological polar surface area (TPSA) is 53.5 Å². The van der Waals surface area contributed by atoms with Crippen molar-refractivity contribution in [2.24, 2.45) is 5.92 Å². The van der Waals surface area contributed by atoms with Gasteiger partial charge in [0.1, 0.15) is 0 Å². The Labute approximate surface area is 164 Å². The highest BCUT2D eigenvalue weighted by Gasteiger charge is 2.28. The van der Waals surface area contributed by atoms with Crippen molar-refractivity contribution in [2.75, 3.05) is 27.2 Å². The van der Waals surface area contributed by atoms with Crippen molar-refractivity contribution in [2.45, 2.75) is 6.42 Å². The molecule has 4 rings (SSSR count). The van der Waals surface area contributed by atoms with Crippen molar-refractivity contribution < 1.29 is 9.59 Å². The van der Waals surface area contributed by atoms with Gasteiger partial charge in [-0.1, -0.05) is 36.4 Å². The second-order valence-corrected chi connectivity index (χ2v) is 7.49. The molecule has 0 saturated carbocycles. The van der Waals surface area contributed by atoms with Gasteiger partial charge in [0.25, 0.3) is 5.91 Å². The quantitative estimate of drug-likeness (QED) is 0.704. The lowest BCUT2D eigenvalue weighted by Gasteiger charge is -2.21. The van der Waals surface area contributed by atoms with Gasteiger partial charge in [-0.05, 0) is 23.6 Å². The zero-order valence-electron chi connectivity index (χ0n) is 16.1. The van der Waals surface area contributed by atoms with Gasteiger partial charge in [-0.3, -0.25) is 14.6 Å². The molecule has 1 aliphatic heterocycles. The molecule has 0 aliphatic carbocycles. The summed E-state index contributed by atoms with van der Waals surface area (Å²) in [4.78, 5) is 32.7. The summed E-state index contributed by atoms with van der Waals surface area (Å²) in [7, 11) is 3.61. The highest BCUT2D eigenvalue weighted by atomic mass is 16.2. The summed E-state index contributed by atoms with van der Waals surface area (Å²) in [5, 5.41) is 2.19. The van der Waals surface area contributed by atoms with E-state index in [9.17, 15) is 9.59 Å². The molecule has 0 spiro atoms. The number of fused-ring (bicyclic) bond motifs is 1. The van der Waals surface area contributed by atoms with E-state index in [4.69, 9.17) is 0 Å². The maximum Gasteiger partial charge on any atom is 0.253 e. The van der Waals surface area contributed by atoms with Crippen LogP contribution in [0.1, 0.15) is 16.8 Å². The van der Waals surface area contributed by atoms with E-state index in [1.54, 1.807) is 23.0 Å². The largest absolute Gasteiger partial charge is 0.345 e. The van der Waals surface area contributed by atoms with E-state index in [1.807, 2.05) is 55.6 Å². The number of aromatic nitrogens is 1. The van der Waals surface area contributed by atoms with E-state index < -0.39 is 0 Å². The van der Waals surface area contributed by atoms with Crippen molar-refractivity contribution in [3.8, 4) is 11.3 Å². The van der Waals surface area contributed by atoms with Gasteiger partial charge >= 0.3 is 0 Å². The number of carbonyl (C=O) groups excluding carboxylic acids is 2. The molecule has 2 amide bonds.